The third-order valence-corrected chi connectivity index (χ3v) is 2.70. The zero-order valence-corrected chi connectivity index (χ0v) is 10.4. The summed E-state index contributed by atoms with van der Waals surface area (Å²) >= 11 is 0. The molecule has 17 heavy (non-hydrogen) atoms. The zero-order valence-electron chi connectivity index (χ0n) is 10.4. The lowest BCUT2D eigenvalue weighted by Gasteiger charge is -2.07. The number of aryl methyl sites for hydroxylation is 1. The molecule has 0 bridgehead atoms. The highest BCUT2D eigenvalue weighted by Crippen LogP contribution is 2.24. The van der Waals surface area contributed by atoms with Crippen LogP contribution in [0, 0.1) is 6.92 Å². The summed E-state index contributed by atoms with van der Waals surface area (Å²) in [5.41, 5.74) is 2.50. The minimum absolute atomic E-state index is 0.148. The Bertz CT molecular complexity index is 572. The Balaban J connectivity index is 2.76. The molecule has 0 aliphatic rings. The number of carbonyl (C=O) groups is 1. The van der Waals surface area contributed by atoms with Gasteiger partial charge in [0, 0.05) is 12.7 Å². The molecule has 1 amide bonds. The van der Waals surface area contributed by atoms with Crippen LogP contribution in [0.1, 0.15) is 41.5 Å². The number of nitrogens with zero attached hydrogens (tertiary/aromatic N) is 2. The maximum atomic E-state index is 11.8. The first-order valence-corrected chi connectivity index (χ1v) is 5.53. The second-order valence-corrected chi connectivity index (χ2v) is 4.28. The molecule has 0 aliphatic heterocycles. The van der Waals surface area contributed by atoms with Gasteiger partial charge in [-0.05, 0) is 18.9 Å². The van der Waals surface area contributed by atoms with E-state index >= 15 is 0 Å². The number of pyridine rings is 1. The molecule has 0 saturated heterocycles. The molecule has 0 aliphatic carbocycles. The summed E-state index contributed by atoms with van der Waals surface area (Å²) in [6.45, 7) is 5.84. The normalized spacial score (nSPS) is 11.1. The maximum Gasteiger partial charge on any atom is 0.259 e. The number of hydrogen-bond acceptors (Lipinski definition) is 4. The van der Waals surface area contributed by atoms with E-state index in [4.69, 9.17) is 4.52 Å². The van der Waals surface area contributed by atoms with Crippen molar-refractivity contribution in [1.29, 1.82) is 0 Å². The lowest BCUT2D eigenvalue weighted by atomic mass is 10.0. The molecule has 0 fully saturated rings. The molecule has 0 saturated carbocycles. The molecule has 1 N–H and O–H groups in total. The van der Waals surface area contributed by atoms with Crippen LogP contribution >= 0.6 is 0 Å². The van der Waals surface area contributed by atoms with Crippen molar-refractivity contribution < 1.29 is 9.32 Å². The number of amides is 1. The minimum atomic E-state index is -0.148. The van der Waals surface area contributed by atoms with Crippen molar-refractivity contribution >= 4 is 17.0 Å². The van der Waals surface area contributed by atoms with E-state index in [1.54, 1.807) is 20.0 Å². The number of hydrogen-bond donors (Lipinski definition) is 1. The Morgan fingerprint density at radius 1 is 1.47 bits per heavy atom. The molecule has 90 valence electrons. The van der Waals surface area contributed by atoms with Crippen LogP contribution < -0.4 is 5.32 Å². The van der Waals surface area contributed by atoms with Gasteiger partial charge in [-0.1, -0.05) is 19.0 Å². The molecule has 0 spiro atoms. The van der Waals surface area contributed by atoms with Crippen LogP contribution in [0.25, 0.3) is 11.1 Å². The van der Waals surface area contributed by atoms with Gasteiger partial charge in [-0.15, -0.1) is 0 Å². The standard InChI is InChI=1S/C12H15N3O2/c1-6(2)9-5-8(11(16)13-4)10-7(3)15-17-12(10)14-9/h5-6H,1-4H3,(H,13,16). The molecular weight excluding hydrogens is 218 g/mol. The highest BCUT2D eigenvalue weighted by Gasteiger charge is 2.18. The van der Waals surface area contributed by atoms with E-state index in [1.807, 2.05) is 13.8 Å². The summed E-state index contributed by atoms with van der Waals surface area (Å²) in [6.07, 6.45) is 0. The third-order valence-electron chi connectivity index (χ3n) is 2.70. The maximum absolute atomic E-state index is 11.8. The average molecular weight is 233 g/mol. The van der Waals surface area contributed by atoms with Gasteiger partial charge in [0.2, 0.25) is 0 Å². The Labute approximate surface area is 99.2 Å². The van der Waals surface area contributed by atoms with Crippen molar-refractivity contribution in [3.63, 3.8) is 0 Å². The summed E-state index contributed by atoms with van der Waals surface area (Å²) < 4.78 is 5.13. The van der Waals surface area contributed by atoms with Crippen LogP contribution in [0.2, 0.25) is 0 Å². The van der Waals surface area contributed by atoms with Gasteiger partial charge >= 0.3 is 0 Å². The highest BCUT2D eigenvalue weighted by molar-refractivity contribution is 6.05. The number of carbonyl (C=O) groups excluding carboxylic acids is 1. The van der Waals surface area contributed by atoms with Gasteiger partial charge in [-0.25, -0.2) is 4.98 Å². The molecule has 2 rings (SSSR count). The van der Waals surface area contributed by atoms with Crippen LogP contribution in [0.3, 0.4) is 0 Å². The molecule has 0 aromatic carbocycles. The van der Waals surface area contributed by atoms with Gasteiger partial charge in [-0.3, -0.25) is 4.79 Å². The molecule has 2 aromatic rings. The van der Waals surface area contributed by atoms with Gasteiger partial charge in [0.05, 0.1) is 16.6 Å². The topological polar surface area (TPSA) is 68.0 Å². The molecule has 5 heteroatoms. The Morgan fingerprint density at radius 3 is 2.76 bits per heavy atom. The summed E-state index contributed by atoms with van der Waals surface area (Å²) in [6, 6.07) is 1.80. The van der Waals surface area contributed by atoms with Gasteiger partial charge in [-0.2, -0.15) is 0 Å². The van der Waals surface area contributed by atoms with Crippen molar-refractivity contribution in [2.45, 2.75) is 26.7 Å². The van der Waals surface area contributed by atoms with Crippen LogP contribution in [0.4, 0.5) is 0 Å². The molecule has 2 aromatic heterocycles. The van der Waals surface area contributed by atoms with E-state index in [1.165, 1.54) is 0 Å². The van der Waals surface area contributed by atoms with Crippen molar-refractivity contribution in [3.8, 4) is 0 Å². The number of nitrogens with one attached hydrogen (secondary N) is 1. The van der Waals surface area contributed by atoms with Gasteiger partial charge < -0.3 is 9.84 Å². The predicted octanol–water partition coefficient (Wildman–Crippen LogP) is 2.01. The van der Waals surface area contributed by atoms with Crippen LogP contribution in [-0.4, -0.2) is 23.1 Å². The molecule has 0 atom stereocenters. The van der Waals surface area contributed by atoms with E-state index in [-0.39, 0.29) is 11.8 Å². The number of aromatic nitrogens is 2. The summed E-state index contributed by atoms with van der Waals surface area (Å²) in [5, 5.41) is 7.17. The monoisotopic (exact) mass is 233 g/mol. The van der Waals surface area contributed by atoms with Crippen LogP contribution in [-0.2, 0) is 0 Å². The van der Waals surface area contributed by atoms with Crippen LogP contribution in [0.5, 0.6) is 0 Å². The second kappa shape index (κ2) is 4.16. The van der Waals surface area contributed by atoms with E-state index in [0.717, 1.165) is 5.69 Å². The molecule has 5 nitrogen and oxygen atoms in total. The van der Waals surface area contributed by atoms with E-state index < -0.39 is 0 Å². The Hall–Kier alpha value is -1.91. The molecule has 2 heterocycles. The van der Waals surface area contributed by atoms with Gasteiger partial charge in [0.15, 0.2) is 0 Å². The fourth-order valence-corrected chi connectivity index (χ4v) is 1.72. The highest BCUT2D eigenvalue weighted by atomic mass is 16.5. The molecule has 0 radical (unpaired) electrons. The van der Waals surface area contributed by atoms with Crippen LogP contribution in [0.15, 0.2) is 10.6 Å². The summed E-state index contributed by atoms with van der Waals surface area (Å²) in [4.78, 5) is 16.2. The molecular formula is C12H15N3O2. The number of fused-ring (bicyclic) bond motifs is 1. The van der Waals surface area contributed by atoms with Gasteiger partial charge in [0.25, 0.3) is 11.6 Å². The third kappa shape index (κ3) is 1.88. The van der Waals surface area contributed by atoms with Crippen molar-refractivity contribution in [1.82, 2.24) is 15.5 Å². The largest absolute Gasteiger partial charge is 0.355 e. The van der Waals surface area contributed by atoms with Crippen molar-refractivity contribution in [2.75, 3.05) is 7.05 Å². The second-order valence-electron chi connectivity index (χ2n) is 4.28. The van der Waals surface area contributed by atoms with E-state index in [2.05, 4.69) is 15.5 Å². The first kappa shape index (κ1) is 11.6. The average Bonchev–Trinajstić information content (AvgIpc) is 2.69. The zero-order chi connectivity index (χ0) is 12.6. The Kier molecular flexibility index (Phi) is 2.83. The van der Waals surface area contributed by atoms with E-state index in [9.17, 15) is 4.79 Å². The van der Waals surface area contributed by atoms with E-state index in [0.29, 0.717) is 22.4 Å². The quantitative estimate of drug-likeness (QED) is 0.861. The molecule has 0 unspecified atom stereocenters. The lowest BCUT2D eigenvalue weighted by molar-refractivity contribution is 0.0964. The Morgan fingerprint density at radius 2 is 2.18 bits per heavy atom. The minimum Gasteiger partial charge on any atom is -0.355 e. The summed E-state index contributed by atoms with van der Waals surface area (Å²) in [5.74, 6) is 0.0822. The van der Waals surface area contributed by atoms with Crippen molar-refractivity contribution in [3.05, 3.63) is 23.0 Å². The first-order valence-electron chi connectivity index (χ1n) is 5.53. The fraction of sp³-hybridized carbons (Fsp3) is 0.417. The number of rotatable bonds is 2. The lowest BCUT2D eigenvalue weighted by Crippen LogP contribution is -2.19. The smallest absolute Gasteiger partial charge is 0.259 e. The summed E-state index contributed by atoms with van der Waals surface area (Å²) in [7, 11) is 1.60. The predicted molar refractivity (Wildman–Crippen MR) is 64.0 cm³/mol. The van der Waals surface area contributed by atoms with Gasteiger partial charge in [0.1, 0.15) is 0 Å². The SMILES string of the molecule is CNC(=O)c1cc(C(C)C)nc2onc(C)c12. The first-order chi connectivity index (χ1) is 8.04. The fourth-order valence-electron chi connectivity index (χ4n) is 1.72. The van der Waals surface area contributed by atoms with Crippen molar-refractivity contribution in [2.24, 2.45) is 0 Å².